The third-order valence-electron chi connectivity index (χ3n) is 2.13. The summed E-state index contributed by atoms with van der Waals surface area (Å²) in [7, 11) is 1.65. The Morgan fingerprint density at radius 3 is 2.53 bits per heavy atom. The number of ether oxygens (including phenoxy) is 2. The molecule has 4 heteroatoms. The molecule has 0 aromatic rings. The molecule has 0 atom stereocenters. The van der Waals surface area contributed by atoms with Crippen LogP contribution in [0.15, 0.2) is 28.5 Å². The minimum absolute atomic E-state index is 0.501. The quantitative estimate of drug-likeness (QED) is 0.693. The number of hydrogen-bond donors (Lipinski definition) is 0. The molecule has 0 bridgehead atoms. The van der Waals surface area contributed by atoms with Gasteiger partial charge in [-0.05, 0) is 38.8 Å². The minimum Gasteiger partial charge on any atom is -0.501 e. The predicted molar refractivity (Wildman–Crippen MR) is 67.1 cm³/mol. The molecule has 0 aliphatic heterocycles. The Morgan fingerprint density at radius 2 is 2.06 bits per heavy atom. The number of carbonyl (C=O) groups excluding carboxylic acids is 1. The summed E-state index contributed by atoms with van der Waals surface area (Å²) in [5.41, 5.74) is 0.495. The van der Waals surface area contributed by atoms with Crippen LogP contribution in [-0.2, 0) is 9.47 Å². The van der Waals surface area contributed by atoms with E-state index >= 15 is 0 Å². The first-order valence-corrected chi connectivity index (χ1v) is 5.61. The van der Waals surface area contributed by atoms with Gasteiger partial charge in [-0.1, -0.05) is 6.08 Å². The fraction of sp³-hybridized carbons (Fsp3) is 0.538. The SMILES string of the molecule is COC1=CC=C(/C=N/C(=O)OC(C)(C)C)CC1. The van der Waals surface area contributed by atoms with Crippen LogP contribution in [0.5, 0.6) is 0 Å². The van der Waals surface area contributed by atoms with Gasteiger partial charge in [-0.15, -0.1) is 0 Å². The number of nitrogens with zero attached hydrogens (tertiary/aromatic N) is 1. The topological polar surface area (TPSA) is 47.9 Å². The van der Waals surface area contributed by atoms with Crippen molar-refractivity contribution in [3.8, 4) is 0 Å². The van der Waals surface area contributed by atoms with Gasteiger partial charge >= 0.3 is 6.09 Å². The summed E-state index contributed by atoms with van der Waals surface area (Å²) in [5, 5.41) is 0. The second-order valence-corrected chi connectivity index (χ2v) is 4.82. The van der Waals surface area contributed by atoms with E-state index in [1.165, 1.54) is 0 Å². The van der Waals surface area contributed by atoms with E-state index in [0.717, 1.165) is 24.2 Å². The second-order valence-electron chi connectivity index (χ2n) is 4.82. The van der Waals surface area contributed by atoms with Crippen LogP contribution in [0.25, 0.3) is 0 Å². The van der Waals surface area contributed by atoms with Crippen molar-refractivity contribution in [1.29, 1.82) is 0 Å². The maximum Gasteiger partial charge on any atom is 0.434 e. The van der Waals surface area contributed by atoms with Crippen LogP contribution >= 0.6 is 0 Å². The second kappa shape index (κ2) is 5.66. The molecule has 1 aliphatic rings. The fourth-order valence-electron chi connectivity index (χ4n) is 1.34. The van der Waals surface area contributed by atoms with E-state index in [1.54, 1.807) is 13.3 Å². The largest absolute Gasteiger partial charge is 0.501 e. The summed E-state index contributed by atoms with van der Waals surface area (Å²) < 4.78 is 10.2. The predicted octanol–water partition coefficient (Wildman–Crippen LogP) is 3.24. The number of aliphatic imine (C=N–C) groups is 1. The van der Waals surface area contributed by atoms with Crippen molar-refractivity contribution in [2.75, 3.05) is 7.11 Å². The van der Waals surface area contributed by atoms with E-state index in [0.29, 0.717) is 0 Å². The number of amides is 1. The van der Waals surface area contributed by atoms with Gasteiger partial charge in [0.25, 0.3) is 0 Å². The molecule has 0 fully saturated rings. The molecule has 17 heavy (non-hydrogen) atoms. The molecule has 0 saturated heterocycles. The molecule has 0 unspecified atom stereocenters. The summed E-state index contributed by atoms with van der Waals surface area (Å²) in [5.74, 6) is 0.944. The number of rotatable bonds is 2. The highest BCUT2D eigenvalue weighted by Gasteiger charge is 2.15. The molecule has 94 valence electrons. The first-order chi connectivity index (χ1) is 7.90. The Hall–Kier alpha value is -1.58. The molecule has 0 saturated carbocycles. The molecule has 0 N–H and O–H groups in total. The molecule has 4 nitrogen and oxygen atoms in total. The van der Waals surface area contributed by atoms with Gasteiger partial charge in [0.1, 0.15) is 5.60 Å². The van der Waals surface area contributed by atoms with Gasteiger partial charge in [0.05, 0.1) is 12.9 Å². The van der Waals surface area contributed by atoms with Gasteiger partial charge in [-0.25, -0.2) is 4.79 Å². The van der Waals surface area contributed by atoms with Crippen LogP contribution in [0.1, 0.15) is 33.6 Å². The highest BCUT2D eigenvalue weighted by Crippen LogP contribution is 2.17. The van der Waals surface area contributed by atoms with Crippen LogP contribution in [-0.4, -0.2) is 25.0 Å². The van der Waals surface area contributed by atoms with Crippen molar-refractivity contribution in [1.82, 2.24) is 0 Å². The molecular formula is C13H19NO3. The van der Waals surface area contributed by atoms with E-state index in [9.17, 15) is 4.79 Å². The maximum absolute atomic E-state index is 11.3. The highest BCUT2D eigenvalue weighted by atomic mass is 16.6. The van der Waals surface area contributed by atoms with Crippen LogP contribution in [0.2, 0.25) is 0 Å². The fourth-order valence-corrected chi connectivity index (χ4v) is 1.34. The van der Waals surface area contributed by atoms with Crippen LogP contribution in [0, 0.1) is 0 Å². The van der Waals surface area contributed by atoms with Crippen molar-refractivity contribution in [2.24, 2.45) is 4.99 Å². The molecule has 1 rings (SSSR count). The molecule has 1 aliphatic carbocycles. The van der Waals surface area contributed by atoms with E-state index in [4.69, 9.17) is 9.47 Å². The van der Waals surface area contributed by atoms with Crippen molar-refractivity contribution >= 4 is 12.3 Å². The highest BCUT2D eigenvalue weighted by molar-refractivity contribution is 5.88. The van der Waals surface area contributed by atoms with E-state index in [-0.39, 0.29) is 0 Å². The third-order valence-corrected chi connectivity index (χ3v) is 2.13. The summed E-state index contributed by atoms with van der Waals surface area (Å²) in [6, 6.07) is 0. The Labute approximate surface area is 102 Å². The molecule has 0 spiro atoms. The lowest BCUT2D eigenvalue weighted by molar-refractivity contribution is 0.0605. The molecule has 0 aromatic carbocycles. The smallest absolute Gasteiger partial charge is 0.434 e. The number of carbonyl (C=O) groups is 1. The van der Waals surface area contributed by atoms with Gasteiger partial charge < -0.3 is 9.47 Å². The monoisotopic (exact) mass is 237 g/mol. The zero-order valence-corrected chi connectivity index (χ0v) is 10.8. The van der Waals surface area contributed by atoms with E-state index in [1.807, 2.05) is 32.9 Å². The van der Waals surface area contributed by atoms with Crippen molar-refractivity contribution in [2.45, 2.75) is 39.2 Å². The molecule has 1 amide bonds. The summed E-state index contributed by atoms with van der Waals surface area (Å²) in [4.78, 5) is 15.1. The average molecular weight is 237 g/mol. The lowest BCUT2D eigenvalue weighted by atomic mass is 10.1. The lowest BCUT2D eigenvalue weighted by Crippen LogP contribution is -2.22. The summed E-state index contributed by atoms with van der Waals surface area (Å²) in [6.07, 6.45) is 6.45. The van der Waals surface area contributed by atoms with Gasteiger partial charge in [-0.3, -0.25) is 0 Å². The van der Waals surface area contributed by atoms with Crippen molar-refractivity contribution in [3.63, 3.8) is 0 Å². The zero-order chi connectivity index (χ0) is 12.9. The van der Waals surface area contributed by atoms with Crippen LogP contribution in [0.4, 0.5) is 4.79 Å². The molecular weight excluding hydrogens is 218 g/mol. The van der Waals surface area contributed by atoms with Gasteiger partial charge in [0.2, 0.25) is 0 Å². The first-order valence-electron chi connectivity index (χ1n) is 5.61. The molecule has 0 heterocycles. The normalized spacial score (nSPS) is 16.5. The lowest BCUT2D eigenvalue weighted by Gasteiger charge is -2.17. The van der Waals surface area contributed by atoms with Crippen molar-refractivity contribution in [3.05, 3.63) is 23.5 Å². The molecule has 0 radical (unpaired) electrons. The standard InChI is InChI=1S/C13H19NO3/c1-13(2,3)17-12(15)14-9-10-5-7-11(16-4)8-6-10/h5,7,9H,6,8H2,1-4H3/b14-9+. The average Bonchev–Trinajstić information content (AvgIpc) is 2.25. The summed E-state index contributed by atoms with van der Waals surface area (Å²) >= 11 is 0. The Balaban J connectivity index is 2.53. The third kappa shape index (κ3) is 5.33. The van der Waals surface area contributed by atoms with E-state index in [2.05, 4.69) is 4.99 Å². The first kappa shape index (κ1) is 13.5. The Morgan fingerprint density at radius 1 is 1.35 bits per heavy atom. The van der Waals surface area contributed by atoms with Gasteiger partial charge in [-0.2, -0.15) is 4.99 Å². The number of methoxy groups -OCH3 is 1. The number of hydrogen-bond acceptors (Lipinski definition) is 3. The number of allylic oxidation sites excluding steroid dienone is 4. The van der Waals surface area contributed by atoms with Gasteiger partial charge in [0.15, 0.2) is 0 Å². The minimum atomic E-state index is -0.556. The van der Waals surface area contributed by atoms with E-state index < -0.39 is 11.7 Å². The van der Waals surface area contributed by atoms with Gasteiger partial charge in [0, 0.05) is 12.6 Å². The maximum atomic E-state index is 11.3. The zero-order valence-electron chi connectivity index (χ0n) is 10.8. The van der Waals surface area contributed by atoms with Crippen LogP contribution in [0.3, 0.4) is 0 Å². The molecule has 0 aromatic heterocycles. The Kier molecular flexibility index (Phi) is 4.49. The Bertz CT molecular complexity index is 373. The van der Waals surface area contributed by atoms with Crippen LogP contribution < -0.4 is 0 Å². The summed E-state index contributed by atoms with van der Waals surface area (Å²) in [6.45, 7) is 5.44. The van der Waals surface area contributed by atoms with Crippen molar-refractivity contribution < 1.29 is 14.3 Å².